The number of rotatable bonds is 8. The molecule has 3 aromatic rings. The monoisotopic (exact) mass is 507 g/mol. The van der Waals surface area contributed by atoms with Crippen molar-refractivity contribution in [1.82, 2.24) is 24.6 Å². The number of nitrogens with two attached hydrogens (primary N) is 1. The first-order valence-electron chi connectivity index (χ1n) is 12.1. The fourth-order valence-electron chi connectivity index (χ4n) is 4.09. The first-order valence-corrected chi connectivity index (χ1v) is 12.1. The summed E-state index contributed by atoms with van der Waals surface area (Å²) >= 11 is 0. The van der Waals surface area contributed by atoms with Crippen molar-refractivity contribution in [3.63, 3.8) is 0 Å². The summed E-state index contributed by atoms with van der Waals surface area (Å²) < 4.78 is 8.24. The van der Waals surface area contributed by atoms with E-state index in [0.717, 1.165) is 24.1 Å². The Balaban J connectivity index is 0.00000121. The molecule has 1 aliphatic rings. The highest BCUT2D eigenvalue weighted by atomic mass is 16.5. The second kappa shape index (κ2) is 13.3. The van der Waals surface area contributed by atoms with Gasteiger partial charge in [-0.15, -0.1) is 5.92 Å². The zero-order chi connectivity index (χ0) is 26.8. The second-order valence-corrected chi connectivity index (χ2v) is 8.51. The average molecular weight is 508 g/mol. The lowest BCUT2D eigenvalue weighted by atomic mass is 10.1. The van der Waals surface area contributed by atoms with Crippen LogP contribution in [0.15, 0.2) is 35.3 Å². The van der Waals surface area contributed by atoms with Gasteiger partial charge in [-0.05, 0) is 46.0 Å². The number of hydrogen-bond donors (Lipinski definition) is 2. The van der Waals surface area contributed by atoms with E-state index in [2.05, 4.69) is 32.1 Å². The van der Waals surface area contributed by atoms with E-state index in [9.17, 15) is 14.4 Å². The molecule has 11 nitrogen and oxygen atoms in total. The van der Waals surface area contributed by atoms with Gasteiger partial charge < -0.3 is 20.7 Å². The van der Waals surface area contributed by atoms with Gasteiger partial charge in [-0.1, -0.05) is 18.1 Å². The molecule has 4 rings (SSSR count). The molecule has 0 aliphatic carbocycles. The van der Waals surface area contributed by atoms with Crippen LogP contribution < -0.4 is 26.2 Å². The second-order valence-electron chi connectivity index (χ2n) is 8.51. The summed E-state index contributed by atoms with van der Waals surface area (Å²) in [6, 6.07) is 6.62. The highest BCUT2D eigenvalue weighted by Crippen LogP contribution is 2.23. The van der Waals surface area contributed by atoms with Crippen LogP contribution in [-0.4, -0.2) is 71.2 Å². The van der Waals surface area contributed by atoms with E-state index < -0.39 is 5.56 Å². The van der Waals surface area contributed by atoms with E-state index in [-0.39, 0.29) is 42.8 Å². The van der Waals surface area contributed by atoms with Crippen LogP contribution in [0.5, 0.6) is 5.75 Å². The Labute approximate surface area is 215 Å². The number of aldehydes is 1. The number of hydrogen-bond acceptors (Lipinski definition) is 9. The Morgan fingerprint density at radius 1 is 1.32 bits per heavy atom. The van der Waals surface area contributed by atoms with Crippen LogP contribution in [0.3, 0.4) is 0 Å². The van der Waals surface area contributed by atoms with Gasteiger partial charge in [0, 0.05) is 19.1 Å². The maximum Gasteiger partial charge on any atom is 0.293 e. The highest BCUT2D eigenvalue weighted by Gasteiger charge is 2.25. The van der Waals surface area contributed by atoms with E-state index in [1.807, 2.05) is 14.1 Å². The average Bonchev–Trinajstić information content (AvgIpc) is 3.27. The summed E-state index contributed by atoms with van der Waals surface area (Å²) in [5.74, 6) is 6.41. The Morgan fingerprint density at radius 3 is 2.78 bits per heavy atom. The van der Waals surface area contributed by atoms with Crippen molar-refractivity contribution in [2.75, 3.05) is 38.7 Å². The fraction of sp³-hybridized carbons (Fsp3) is 0.423. The molecule has 1 fully saturated rings. The molecule has 3 heterocycles. The Kier molecular flexibility index (Phi) is 9.94. The molecule has 11 heteroatoms. The van der Waals surface area contributed by atoms with Crippen molar-refractivity contribution in [2.45, 2.75) is 38.9 Å². The van der Waals surface area contributed by atoms with Gasteiger partial charge in [0.15, 0.2) is 12.1 Å². The van der Waals surface area contributed by atoms with Gasteiger partial charge in [0.25, 0.3) is 5.56 Å². The number of nitrogens with zero attached hydrogens (tertiary/aromatic N) is 5. The number of aromatic nitrogens is 4. The molecule has 1 atom stereocenters. The number of benzene rings is 1. The molecule has 1 unspecified atom stereocenters. The number of nitrogens with one attached hydrogen (secondary N) is 1. The zero-order valence-corrected chi connectivity index (χ0v) is 21.4. The lowest BCUT2D eigenvalue weighted by Gasteiger charge is -2.31. The first kappa shape index (κ1) is 27.6. The SMILES string of the molecule is CC#CCn1c(N2CCCC(N)C2)nc2cnn(CC(=O)c3ccccc3OCC=O)c(=O)c21.CNC. The third-order valence-electron chi connectivity index (χ3n) is 5.67. The molecule has 0 amide bonds. The number of para-hydroxylation sites is 1. The topological polar surface area (TPSA) is 137 Å². The van der Waals surface area contributed by atoms with Crippen LogP contribution in [0, 0.1) is 11.8 Å². The minimum absolute atomic E-state index is 0.0353. The molecular formula is C26H33N7O4. The molecule has 1 aliphatic heterocycles. The molecule has 0 spiro atoms. The number of Topliss-reactive ketones (excluding diaryl/α,β-unsaturated/α-hetero) is 1. The number of ketones is 1. The van der Waals surface area contributed by atoms with E-state index >= 15 is 0 Å². The van der Waals surface area contributed by atoms with E-state index in [0.29, 0.717) is 29.8 Å². The minimum Gasteiger partial charge on any atom is -0.485 e. The van der Waals surface area contributed by atoms with Crippen LogP contribution in [0.25, 0.3) is 11.0 Å². The van der Waals surface area contributed by atoms with Gasteiger partial charge in [0.05, 0.1) is 18.3 Å². The van der Waals surface area contributed by atoms with Crippen LogP contribution in [0.1, 0.15) is 30.1 Å². The van der Waals surface area contributed by atoms with Crippen molar-refractivity contribution in [3.8, 4) is 17.6 Å². The normalized spacial score (nSPS) is 14.8. The molecule has 2 aromatic heterocycles. The van der Waals surface area contributed by atoms with Gasteiger partial charge in [0.2, 0.25) is 5.95 Å². The quantitative estimate of drug-likeness (QED) is 0.258. The third kappa shape index (κ3) is 6.61. The lowest BCUT2D eigenvalue weighted by molar-refractivity contribution is -0.109. The Morgan fingerprint density at radius 2 is 2.08 bits per heavy atom. The predicted octanol–water partition coefficient (Wildman–Crippen LogP) is 0.840. The van der Waals surface area contributed by atoms with Crippen LogP contribution in [0.2, 0.25) is 0 Å². The Hall–Kier alpha value is -4.01. The summed E-state index contributed by atoms with van der Waals surface area (Å²) in [5, 5.41) is 6.94. The van der Waals surface area contributed by atoms with Crippen LogP contribution >= 0.6 is 0 Å². The zero-order valence-electron chi connectivity index (χ0n) is 21.4. The maximum atomic E-state index is 13.4. The molecule has 0 bridgehead atoms. The molecule has 0 radical (unpaired) electrons. The standard InChI is InChI=1S/C24H26N6O4.C2H7N/c1-2-3-11-29-22-19(27-24(29)28-10-6-7-17(25)15-28)14-26-30(23(22)33)16-20(32)18-8-4-5-9-21(18)34-13-12-31;1-3-2/h4-5,8-9,12,14,17H,6-7,10-11,13,15-16,25H2,1H3;3H,1-2H3. The molecule has 37 heavy (non-hydrogen) atoms. The van der Waals surface area contributed by atoms with Crippen molar-refractivity contribution in [3.05, 3.63) is 46.4 Å². The van der Waals surface area contributed by atoms with Gasteiger partial charge in [-0.2, -0.15) is 5.10 Å². The van der Waals surface area contributed by atoms with E-state index in [4.69, 9.17) is 10.5 Å². The van der Waals surface area contributed by atoms with Crippen molar-refractivity contribution in [2.24, 2.45) is 5.73 Å². The molecule has 3 N–H and O–H groups in total. The number of piperidine rings is 1. The number of carbonyl (C=O) groups excluding carboxylic acids is 2. The van der Waals surface area contributed by atoms with E-state index in [1.165, 1.54) is 6.20 Å². The number of ether oxygens (including phenoxy) is 1. The summed E-state index contributed by atoms with van der Waals surface area (Å²) in [6.45, 7) is 2.98. The van der Waals surface area contributed by atoms with Gasteiger partial charge in [-0.25, -0.2) is 9.67 Å². The summed E-state index contributed by atoms with van der Waals surface area (Å²) in [6.07, 6.45) is 3.98. The molecule has 1 saturated heterocycles. The lowest BCUT2D eigenvalue weighted by Crippen LogP contribution is -2.44. The largest absolute Gasteiger partial charge is 0.485 e. The number of imidazole rings is 1. The smallest absolute Gasteiger partial charge is 0.293 e. The molecular weight excluding hydrogens is 474 g/mol. The van der Waals surface area contributed by atoms with Gasteiger partial charge in [-0.3, -0.25) is 19.0 Å². The summed E-state index contributed by atoms with van der Waals surface area (Å²) in [4.78, 5) is 43.8. The van der Waals surface area contributed by atoms with Crippen molar-refractivity contribution in [1.29, 1.82) is 0 Å². The van der Waals surface area contributed by atoms with Crippen molar-refractivity contribution < 1.29 is 14.3 Å². The maximum absolute atomic E-state index is 13.4. The first-order chi connectivity index (χ1) is 17.9. The molecule has 1 aromatic carbocycles. The fourth-order valence-corrected chi connectivity index (χ4v) is 4.09. The summed E-state index contributed by atoms with van der Waals surface area (Å²) in [5.41, 5.74) is 6.77. The Bertz CT molecular complexity index is 1350. The minimum atomic E-state index is -0.435. The highest BCUT2D eigenvalue weighted by molar-refractivity contribution is 5.98. The van der Waals surface area contributed by atoms with Crippen LogP contribution in [0.4, 0.5) is 5.95 Å². The summed E-state index contributed by atoms with van der Waals surface area (Å²) in [7, 11) is 3.75. The number of anilines is 1. The number of carbonyl (C=O) groups is 2. The predicted molar refractivity (Wildman–Crippen MR) is 142 cm³/mol. The van der Waals surface area contributed by atoms with E-state index in [1.54, 1.807) is 35.8 Å². The number of fused-ring (bicyclic) bond motifs is 1. The third-order valence-corrected chi connectivity index (χ3v) is 5.67. The van der Waals surface area contributed by atoms with Gasteiger partial charge in [0.1, 0.15) is 29.9 Å². The molecule has 0 saturated carbocycles. The van der Waals surface area contributed by atoms with Gasteiger partial charge >= 0.3 is 0 Å². The van der Waals surface area contributed by atoms with Crippen molar-refractivity contribution >= 4 is 29.1 Å². The van der Waals surface area contributed by atoms with Crippen LogP contribution in [-0.2, 0) is 17.9 Å². The molecule has 196 valence electrons.